The third-order valence-electron chi connectivity index (χ3n) is 5.78. The van der Waals surface area contributed by atoms with Crippen LogP contribution in [0.25, 0.3) is 0 Å². The summed E-state index contributed by atoms with van der Waals surface area (Å²) in [4.78, 5) is 8.90. The molecule has 5 heteroatoms. The van der Waals surface area contributed by atoms with Crippen LogP contribution in [0, 0.1) is 6.92 Å². The Kier molecular flexibility index (Phi) is 4.08. The molecule has 1 aromatic heterocycles. The molecule has 4 rings (SSSR count). The molecule has 0 amide bonds. The van der Waals surface area contributed by atoms with Crippen LogP contribution in [0.2, 0.25) is 0 Å². The number of thiophene rings is 1. The maximum Gasteiger partial charge on any atom is 0.140 e. The first-order valence-electron chi connectivity index (χ1n) is 9.11. The minimum Gasteiger partial charge on any atom is -0.345 e. The number of benzene rings is 1. The highest BCUT2D eigenvalue weighted by atomic mass is 32.1. The molecular weight excluding hydrogens is 328 g/mol. The van der Waals surface area contributed by atoms with Crippen molar-refractivity contribution in [1.82, 2.24) is 4.90 Å². The Bertz CT molecular complexity index is 813. The van der Waals surface area contributed by atoms with Gasteiger partial charge in [-0.3, -0.25) is 0 Å². The summed E-state index contributed by atoms with van der Waals surface area (Å²) in [5.41, 5.74) is 3.38. The standard InChI is InChI=1S/C20H27N4S/c1-14(2)24(4)11-9-23(10-12-24)19-16-13-15(3)25-20(16)22-18-8-6-5-7-17(18)21-19/h5-8,13-14,22H,9-12H2,1-4H3/q+1. The van der Waals surface area contributed by atoms with Crippen LogP contribution in [-0.4, -0.2) is 54.5 Å². The molecule has 2 aliphatic rings. The van der Waals surface area contributed by atoms with Gasteiger partial charge in [0.25, 0.3) is 0 Å². The third kappa shape index (κ3) is 2.96. The fourth-order valence-electron chi connectivity index (χ4n) is 3.64. The minimum absolute atomic E-state index is 0.666. The van der Waals surface area contributed by atoms with Crippen molar-refractivity contribution in [1.29, 1.82) is 0 Å². The number of likely N-dealkylation sites (N-methyl/N-ethyl adjacent to an activating group) is 1. The van der Waals surface area contributed by atoms with Crippen LogP contribution in [0.5, 0.6) is 0 Å². The Morgan fingerprint density at radius 2 is 1.92 bits per heavy atom. The Morgan fingerprint density at radius 1 is 1.20 bits per heavy atom. The Labute approximate surface area is 154 Å². The van der Waals surface area contributed by atoms with Crippen LogP contribution in [0.4, 0.5) is 16.4 Å². The van der Waals surface area contributed by atoms with Gasteiger partial charge in [-0.15, -0.1) is 11.3 Å². The summed E-state index contributed by atoms with van der Waals surface area (Å²) >= 11 is 1.82. The van der Waals surface area contributed by atoms with E-state index in [0.29, 0.717) is 6.04 Å². The van der Waals surface area contributed by atoms with E-state index >= 15 is 0 Å². The van der Waals surface area contributed by atoms with Crippen LogP contribution < -0.4 is 5.32 Å². The molecule has 1 saturated heterocycles. The summed E-state index contributed by atoms with van der Waals surface area (Å²) in [6, 6.07) is 11.3. The quantitative estimate of drug-likeness (QED) is 0.770. The third-order valence-corrected chi connectivity index (χ3v) is 6.75. The molecule has 1 N–H and O–H groups in total. The monoisotopic (exact) mass is 355 g/mol. The predicted octanol–water partition coefficient (Wildman–Crippen LogP) is 4.36. The van der Waals surface area contributed by atoms with E-state index in [-0.39, 0.29) is 0 Å². The molecule has 25 heavy (non-hydrogen) atoms. The van der Waals surface area contributed by atoms with Gasteiger partial charge in [0.05, 0.1) is 56.2 Å². The molecule has 2 aromatic rings. The molecule has 2 aliphatic heterocycles. The topological polar surface area (TPSA) is 27.6 Å². The van der Waals surface area contributed by atoms with Crippen molar-refractivity contribution in [3.63, 3.8) is 0 Å². The van der Waals surface area contributed by atoms with Crippen LogP contribution >= 0.6 is 11.3 Å². The Hall–Kier alpha value is -1.85. The molecule has 4 nitrogen and oxygen atoms in total. The molecule has 3 heterocycles. The number of anilines is 2. The number of aliphatic imine (C=N–C) groups is 1. The van der Waals surface area contributed by atoms with Crippen molar-refractivity contribution in [2.75, 3.05) is 38.5 Å². The number of rotatable bonds is 1. The van der Waals surface area contributed by atoms with Crippen molar-refractivity contribution in [2.45, 2.75) is 26.8 Å². The van der Waals surface area contributed by atoms with E-state index in [1.165, 1.54) is 28.5 Å². The first-order chi connectivity index (χ1) is 12.0. The lowest BCUT2D eigenvalue weighted by molar-refractivity contribution is -0.933. The van der Waals surface area contributed by atoms with Gasteiger partial charge in [0.1, 0.15) is 10.8 Å². The molecule has 132 valence electrons. The average molecular weight is 356 g/mol. The molecule has 1 fully saturated rings. The number of amidine groups is 1. The molecule has 0 aliphatic carbocycles. The van der Waals surface area contributed by atoms with Crippen molar-refractivity contribution in [3.05, 3.63) is 40.8 Å². The summed E-state index contributed by atoms with van der Waals surface area (Å²) in [5.74, 6) is 1.13. The van der Waals surface area contributed by atoms with E-state index in [1.54, 1.807) is 0 Å². The van der Waals surface area contributed by atoms with Crippen molar-refractivity contribution in [2.24, 2.45) is 4.99 Å². The number of nitrogens with zero attached hydrogens (tertiary/aromatic N) is 3. The normalized spacial score (nSPS) is 18.9. The van der Waals surface area contributed by atoms with Crippen LogP contribution in [0.1, 0.15) is 24.3 Å². The fourth-order valence-corrected chi connectivity index (χ4v) is 4.56. The molecule has 0 atom stereocenters. The van der Waals surface area contributed by atoms with Crippen LogP contribution in [0.15, 0.2) is 35.3 Å². The molecule has 0 unspecified atom stereocenters. The van der Waals surface area contributed by atoms with Crippen LogP contribution in [0.3, 0.4) is 0 Å². The highest BCUT2D eigenvalue weighted by Crippen LogP contribution is 2.39. The first-order valence-corrected chi connectivity index (χ1v) is 9.93. The van der Waals surface area contributed by atoms with Gasteiger partial charge in [-0.05, 0) is 39.0 Å². The smallest absolute Gasteiger partial charge is 0.140 e. The van der Waals surface area contributed by atoms with Gasteiger partial charge < -0.3 is 14.7 Å². The van der Waals surface area contributed by atoms with Gasteiger partial charge in [0.15, 0.2) is 0 Å². The summed E-state index contributed by atoms with van der Waals surface area (Å²) < 4.78 is 1.15. The van der Waals surface area contributed by atoms with Crippen molar-refractivity contribution < 1.29 is 4.48 Å². The zero-order valence-electron chi connectivity index (χ0n) is 15.5. The highest BCUT2D eigenvalue weighted by Gasteiger charge is 2.34. The summed E-state index contributed by atoms with van der Waals surface area (Å²) in [7, 11) is 2.38. The zero-order chi connectivity index (χ0) is 17.6. The number of nitrogens with one attached hydrogen (secondary N) is 1. The lowest BCUT2D eigenvalue weighted by atomic mass is 10.1. The number of hydrogen-bond acceptors (Lipinski definition) is 4. The largest absolute Gasteiger partial charge is 0.345 e. The van der Waals surface area contributed by atoms with Crippen molar-refractivity contribution in [3.8, 4) is 0 Å². The maximum atomic E-state index is 5.09. The second kappa shape index (κ2) is 6.15. The molecular formula is C20H27N4S+. The highest BCUT2D eigenvalue weighted by molar-refractivity contribution is 7.16. The summed E-state index contributed by atoms with van der Waals surface area (Å²) in [6.45, 7) is 11.3. The minimum atomic E-state index is 0.666. The maximum absolute atomic E-state index is 5.09. The van der Waals surface area contributed by atoms with E-state index < -0.39 is 0 Å². The lowest BCUT2D eigenvalue weighted by Gasteiger charge is -2.45. The Morgan fingerprint density at radius 3 is 2.64 bits per heavy atom. The summed E-state index contributed by atoms with van der Waals surface area (Å²) in [6.07, 6.45) is 0. The number of aryl methyl sites for hydroxylation is 1. The van der Waals surface area contributed by atoms with Gasteiger partial charge in [-0.25, -0.2) is 4.99 Å². The van der Waals surface area contributed by atoms with Gasteiger partial charge in [-0.1, -0.05) is 12.1 Å². The second-order valence-corrected chi connectivity index (χ2v) is 8.94. The second-order valence-electron chi connectivity index (χ2n) is 7.68. The van der Waals surface area contributed by atoms with Crippen LogP contribution in [-0.2, 0) is 0 Å². The van der Waals surface area contributed by atoms with Crippen molar-refractivity contribution >= 4 is 33.5 Å². The van der Waals surface area contributed by atoms with E-state index in [0.717, 1.165) is 34.8 Å². The molecule has 0 spiro atoms. The molecule has 0 radical (unpaired) electrons. The van der Waals surface area contributed by atoms with E-state index in [9.17, 15) is 0 Å². The molecule has 0 saturated carbocycles. The van der Waals surface area contributed by atoms with Gasteiger partial charge >= 0.3 is 0 Å². The van der Waals surface area contributed by atoms with Gasteiger partial charge in [0.2, 0.25) is 0 Å². The first kappa shape index (κ1) is 16.6. The van der Waals surface area contributed by atoms with E-state index in [1.807, 2.05) is 11.3 Å². The average Bonchev–Trinajstić information content (AvgIpc) is 2.87. The van der Waals surface area contributed by atoms with E-state index in [4.69, 9.17) is 4.99 Å². The Balaban J connectivity index is 1.71. The number of hydrogen-bond donors (Lipinski definition) is 1. The summed E-state index contributed by atoms with van der Waals surface area (Å²) in [5, 5.41) is 4.82. The zero-order valence-corrected chi connectivity index (χ0v) is 16.4. The van der Waals surface area contributed by atoms with Gasteiger partial charge in [-0.2, -0.15) is 0 Å². The number of piperazine rings is 1. The number of fused-ring (bicyclic) bond motifs is 2. The van der Waals surface area contributed by atoms with E-state index in [2.05, 4.69) is 68.4 Å². The fraction of sp³-hybridized carbons (Fsp3) is 0.450. The molecule has 1 aromatic carbocycles. The SMILES string of the molecule is Cc1cc2c(s1)Nc1ccccc1N=C2N1CC[N+](C)(C(C)C)CC1. The number of para-hydroxylation sites is 2. The lowest BCUT2D eigenvalue weighted by Crippen LogP contribution is -2.61. The number of quaternary nitrogens is 1. The van der Waals surface area contributed by atoms with Gasteiger partial charge in [0, 0.05) is 4.88 Å². The predicted molar refractivity (Wildman–Crippen MR) is 108 cm³/mol. The molecule has 0 bridgehead atoms.